The molecule has 4 heteroatoms. The van der Waals surface area contributed by atoms with Crippen LogP contribution in [0.15, 0.2) is 4.47 Å². The van der Waals surface area contributed by atoms with E-state index >= 15 is 0 Å². The Labute approximate surface area is 136 Å². The van der Waals surface area contributed by atoms with Crippen LogP contribution in [0.3, 0.4) is 0 Å². The molecule has 0 spiro atoms. The molecule has 0 saturated heterocycles. The molecule has 3 nitrogen and oxygen atoms in total. The molecule has 2 fully saturated rings. The Bertz CT molecular complexity index is 573. The van der Waals surface area contributed by atoms with Crippen molar-refractivity contribution in [2.45, 2.75) is 72.4 Å². The van der Waals surface area contributed by atoms with Gasteiger partial charge in [-0.05, 0) is 65.8 Å². The minimum Gasteiger partial charge on any atom is -0.388 e. The molecule has 0 aromatic carbocycles. The lowest BCUT2D eigenvalue weighted by atomic mass is 9.58. The molecule has 3 unspecified atom stereocenters. The third-order valence-electron chi connectivity index (χ3n) is 6.70. The van der Waals surface area contributed by atoms with Crippen LogP contribution in [-0.4, -0.2) is 20.5 Å². The maximum atomic E-state index is 11.7. The number of aliphatic hydroxyl groups is 1. The van der Waals surface area contributed by atoms with Gasteiger partial charge in [0, 0.05) is 13.0 Å². The smallest absolute Gasteiger partial charge is 0.0809 e. The summed E-state index contributed by atoms with van der Waals surface area (Å²) in [7, 11) is 0. The van der Waals surface area contributed by atoms with Gasteiger partial charge in [-0.3, -0.25) is 4.68 Å². The highest BCUT2D eigenvalue weighted by Gasteiger charge is 2.68. The Morgan fingerprint density at radius 3 is 2.57 bits per heavy atom. The molecule has 2 aliphatic carbocycles. The van der Waals surface area contributed by atoms with E-state index in [0.717, 1.165) is 35.2 Å². The lowest BCUT2D eigenvalue weighted by Gasteiger charge is -2.51. The van der Waals surface area contributed by atoms with Crippen LogP contribution in [0.25, 0.3) is 0 Å². The quantitative estimate of drug-likeness (QED) is 0.887. The summed E-state index contributed by atoms with van der Waals surface area (Å²) in [6.07, 6.45) is 4.27. The Morgan fingerprint density at radius 1 is 1.38 bits per heavy atom. The van der Waals surface area contributed by atoms with Crippen molar-refractivity contribution in [2.24, 2.45) is 16.7 Å². The molecule has 1 aromatic heterocycles. The van der Waals surface area contributed by atoms with Gasteiger partial charge in [0.25, 0.3) is 0 Å². The fourth-order valence-corrected chi connectivity index (χ4v) is 5.49. The molecule has 2 bridgehead atoms. The number of aryl methyl sites for hydroxylation is 2. The van der Waals surface area contributed by atoms with E-state index in [4.69, 9.17) is 0 Å². The first-order valence-corrected chi connectivity index (χ1v) is 8.90. The molecule has 0 radical (unpaired) electrons. The monoisotopic (exact) mass is 354 g/mol. The van der Waals surface area contributed by atoms with Crippen LogP contribution in [0.5, 0.6) is 0 Å². The molecule has 3 rings (SSSR count). The first-order chi connectivity index (χ1) is 9.66. The second kappa shape index (κ2) is 4.58. The van der Waals surface area contributed by atoms with Gasteiger partial charge in [-0.25, -0.2) is 0 Å². The molecule has 2 aliphatic rings. The fourth-order valence-electron chi connectivity index (χ4n) is 5.07. The fraction of sp³-hybridized carbons (Fsp3) is 0.824. The van der Waals surface area contributed by atoms with Crippen molar-refractivity contribution in [3.05, 3.63) is 15.9 Å². The molecular weight excluding hydrogens is 328 g/mol. The second-order valence-electron chi connectivity index (χ2n) is 7.92. The normalized spacial score (nSPS) is 37.4. The van der Waals surface area contributed by atoms with Gasteiger partial charge in [0.15, 0.2) is 0 Å². The summed E-state index contributed by atoms with van der Waals surface area (Å²) in [6, 6.07) is 0. The van der Waals surface area contributed by atoms with Gasteiger partial charge < -0.3 is 5.11 Å². The third-order valence-corrected chi connectivity index (χ3v) is 7.73. The van der Waals surface area contributed by atoms with Gasteiger partial charge in [-0.1, -0.05) is 20.8 Å². The predicted molar refractivity (Wildman–Crippen MR) is 88.2 cm³/mol. The van der Waals surface area contributed by atoms with E-state index in [-0.39, 0.29) is 10.8 Å². The summed E-state index contributed by atoms with van der Waals surface area (Å²) >= 11 is 3.69. The summed E-state index contributed by atoms with van der Waals surface area (Å²) in [5.74, 6) is 0.644. The Morgan fingerprint density at radius 2 is 2.05 bits per heavy atom. The zero-order chi connectivity index (χ0) is 15.6. The molecule has 0 amide bonds. The van der Waals surface area contributed by atoms with Crippen LogP contribution >= 0.6 is 15.9 Å². The molecule has 1 N–H and O–H groups in total. The summed E-state index contributed by atoms with van der Waals surface area (Å²) < 4.78 is 3.11. The zero-order valence-corrected chi connectivity index (χ0v) is 15.4. The van der Waals surface area contributed by atoms with Crippen molar-refractivity contribution in [1.82, 2.24) is 9.78 Å². The van der Waals surface area contributed by atoms with Crippen molar-refractivity contribution < 1.29 is 5.11 Å². The van der Waals surface area contributed by atoms with Crippen molar-refractivity contribution in [2.75, 3.05) is 0 Å². The number of fused-ring (bicyclic) bond motifs is 2. The van der Waals surface area contributed by atoms with E-state index in [2.05, 4.69) is 48.7 Å². The lowest BCUT2D eigenvalue weighted by molar-refractivity contribution is -0.142. The Hall–Kier alpha value is -0.350. The predicted octanol–water partition coefficient (Wildman–Crippen LogP) is 4.09. The van der Waals surface area contributed by atoms with Crippen molar-refractivity contribution >= 4 is 15.9 Å². The summed E-state index contributed by atoms with van der Waals surface area (Å²) in [5.41, 5.74) is 1.53. The average Bonchev–Trinajstić information content (AvgIpc) is 2.98. The van der Waals surface area contributed by atoms with Crippen LogP contribution in [0.4, 0.5) is 0 Å². The molecule has 2 saturated carbocycles. The Kier molecular flexibility index (Phi) is 3.39. The summed E-state index contributed by atoms with van der Waals surface area (Å²) in [6.45, 7) is 11.8. The number of halogens is 1. The van der Waals surface area contributed by atoms with E-state index in [1.807, 2.05) is 11.6 Å². The topological polar surface area (TPSA) is 38.0 Å². The van der Waals surface area contributed by atoms with Crippen LogP contribution in [-0.2, 0) is 13.0 Å². The molecule has 0 aliphatic heterocycles. The average molecular weight is 355 g/mol. The molecular formula is C17H27BrN2O. The lowest BCUT2D eigenvalue weighted by Crippen LogP contribution is -2.55. The SMILES string of the molecule is CCn1nc(C)c(Br)c1CC1(O)C2(C)CCC(C2)C1(C)C. The maximum Gasteiger partial charge on any atom is 0.0809 e. The van der Waals surface area contributed by atoms with E-state index in [1.54, 1.807) is 0 Å². The number of rotatable bonds is 3. The minimum absolute atomic E-state index is 0.0316. The van der Waals surface area contributed by atoms with Crippen molar-refractivity contribution in [3.63, 3.8) is 0 Å². The second-order valence-corrected chi connectivity index (χ2v) is 8.71. The van der Waals surface area contributed by atoms with Crippen molar-refractivity contribution in [1.29, 1.82) is 0 Å². The zero-order valence-electron chi connectivity index (χ0n) is 13.8. The first-order valence-electron chi connectivity index (χ1n) is 8.10. The van der Waals surface area contributed by atoms with Gasteiger partial charge in [-0.2, -0.15) is 5.10 Å². The van der Waals surface area contributed by atoms with Crippen molar-refractivity contribution in [3.8, 4) is 0 Å². The number of hydrogen-bond acceptors (Lipinski definition) is 2. The van der Waals surface area contributed by atoms with Crippen LogP contribution in [0, 0.1) is 23.7 Å². The van der Waals surface area contributed by atoms with E-state index in [9.17, 15) is 5.11 Å². The van der Waals surface area contributed by atoms with Gasteiger partial charge in [0.1, 0.15) is 0 Å². The molecule has 1 aromatic rings. The minimum atomic E-state index is -0.648. The number of nitrogens with zero attached hydrogens (tertiary/aromatic N) is 2. The summed E-state index contributed by atoms with van der Waals surface area (Å²) in [5, 5.41) is 16.3. The van der Waals surface area contributed by atoms with Crippen LogP contribution < -0.4 is 0 Å². The largest absolute Gasteiger partial charge is 0.388 e. The van der Waals surface area contributed by atoms with Crippen LogP contribution in [0.1, 0.15) is 58.3 Å². The molecule has 1 heterocycles. The maximum absolute atomic E-state index is 11.7. The van der Waals surface area contributed by atoms with Crippen LogP contribution in [0.2, 0.25) is 0 Å². The van der Waals surface area contributed by atoms with Gasteiger partial charge in [0.05, 0.1) is 21.5 Å². The number of hydrogen-bond donors (Lipinski definition) is 1. The standard InChI is InChI=1S/C17H27BrN2O/c1-6-20-13(14(18)11(2)19-20)10-17(21)15(3,4)12-7-8-16(17,5)9-12/h12,21H,6-10H2,1-5H3. The highest BCUT2D eigenvalue weighted by molar-refractivity contribution is 9.10. The van der Waals surface area contributed by atoms with E-state index < -0.39 is 5.60 Å². The van der Waals surface area contributed by atoms with Gasteiger partial charge in [0.2, 0.25) is 0 Å². The van der Waals surface area contributed by atoms with Gasteiger partial charge >= 0.3 is 0 Å². The van der Waals surface area contributed by atoms with Gasteiger partial charge in [-0.15, -0.1) is 0 Å². The highest BCUT2D eigenvalue weighted by Crippen LogP contribution is 2.68. The first kappa shape index (κ1) is 15.5. The Balaban J connectivity index is 2.05. The molecule has 3 atom stereocenters. The summed E-state index contributed by atoms with van der Waals surface area (Å²) in [4.78, 5) is 0. The molecule has 118 valence electrons. The third kappa shape index (κ3) is 1.84. The molecule has 21 heavy (non-hydrogen) atoms. The highest BCUT2D eigenvalue weighted by atomic mass is 79.9. The van der Waals surface area contributed by atoms with E-state index in [1.165, 1.54) is 6.42 Å². The van der Waals surface area contributed by atoms with E-state index in [0.29, 0.717) is 12.3 Å². The number of aromatic nitrogens is 2.